The summed E-state index contributed by atoms with van der Waals surface area (Å²) in [5.74, 6) is -0.511. The fraction of sp³-hybridized carbons (Fsp3) is 0.267. The number of methoxy groups -OCH3 is 1. The number of carbonyl (C=O) groups is 1. The van der Waals surface area contributed by atoms with Gasteiger partial charge in [-0.1, -0.05) is 29.8 Å². The van der Waals surface area contributed by atoms with Gasteiger partial charge in [-0.2, -0.15) is 4.68 Å². The molecule has 0 amide bonds. The molecular weight excluding hydrogens is 334 g/mol. The summed E-state index contributed by atoms with van der Waals surface area (Å²) in [5, 5.41) is 8.41. The summed E-state index contributed by atoms with van der Waals surface area (Å²) in [4.78, 5) is 28.7. The molecule has 0 aliphatic carbocycles. The highest BCUT2D eigenvalue weighted by atomic mass is 35.5. The van der Waals surface area contributed by atoms with E-state index in [9.17, 15) is 9.59 Å². The molecule has 124 valence electrons. The Hall–Kier alpha value is -2.74. The topological polar surface area (TPSA) is 91.9 Å². The molecule has 0 saturated carbocycles. The van der Waals surface area contributed by atoms with Gasteiger partial charge in [-0.25, -0.2) is 9.78 Å². The molecule has 0 saturated heterocycles. The number of esters is 1. The first-order chi connectivity index (χ1) is 11.6. The summed E-state index contributed by atoms with van der Waals surface area (Å²) in [5.41, 5.74) is 0.540. The van der Waals surface area contributed by atoms with Crippen molar-refractivity contribution in [3.63, 3.8) is 0 Å². The van der Waals surface area contributed by atoms with Crippen molar-refractivity contribution in [3.05, 3.63) is 46.0 Å². The summed E-state index contributed by atoms with van der Waals surface area (Å²) in [7, 11) is 1.28. The van der Waals surface area contributed by atoms with Gasteiger partial charge in [-0.05, 0) is 24.6 Å². The Kier molecular flexibility index (Phi) is 4.30. The molecule has 0 radical (unpaired) electrons. The van der Waals surface area contributed by atoms with Crippen LogP contribution >= 0.6 is 11.6 Å². The average molecular weight is 348 g/mol. The van der Waals surface area contributed by atoms with Gasteiger partial charge in [0.2, 0.25) is 0 Å². The van der Waals surface area contributed by atoms with Crippen LogP contribution in [0.15, 0.2) is 35.4 Å². The van der Waals surface area contributed by atoms with E-state index >= 15 is 0 Å². The fourth-order valence-electron chi connectivity index (χ4n) is 2.44. The number of nitrogens with zero attached hydrogens (tertiary/aromatic N) is 5. The zero-order valence-electron chi connectivity index (χ0n) is 13.0. The predicted octanol–water partition coefficient (Wildman–Crippen LogP) is 1.75. The summed E-state index contributed by atoms with van der Waals surface area (Å²) in [6.07, 6.45) is 1.70. The number of aromatic nitrogens is 5. The Bertz CT molecular complexity index is 965. The molecule has 0 N–H and O–H groups in total. The minimum atomic E-state index is -0.754. The van der Waals surface area contributed by atoms with Crippen LogP contribution in [0, 0.1) is 0 Å². The Balaban J connectivity index is 2.16. The molecule has 1 atom stereocenters. The van der Waals surface area contributed by atoms with Crippen LogP contribution in [-0.4, -0.2) is 37.6 Å². The lowest BCUT2D eigenvalue weighted by Crippen LogP contribution is -2.30. The van der Waals surface area contributed by atoms with E-state index in [-0.39, 0.29) is 5.52 Å². The number of fused-ring (bicyclic) bond motifs is 1. The molecule has 9 heteroatoms. The molecule has 1 aromatic carbocycles. The fourth-order valence-corrected chi connectivity index (χ4v) is 2.62. The first-order valence-corrected chi connectivity index (χ1v) is 7.61. The molecule has 2 aromatic heterocycles. The van der Waals surface area contributed by atoms with Gasteiger partial charge in [0.25, 0.3) is 5.56 Å². The molecule has 8 nitrogen and oxygen atoms in total. The van der Waals surface area contributed by atoms with E-state index in [0.717, 1.165) is 0 Å². The Morgan fingerprint density at radius 2 is 2.21 bits per heavy atom. The van der Waals surface area contributed by atoms with E-state index in [1.54, 1.807) is 31.2 Å². The highest BCUT2D eigenvalue weighted by Gasteiger charge is 2.23. The molecule has 0 fully saturated rings. The van der Waals surface area contributed by atoms with Crippen molar-refractivity contribution < 1.29 is 9.53 Å². The van der Waals surface area contributed by atoms with Crippen molar-refractivity contribution in [3.8, 4) is 5.69 Å². The Morgan fingerprint density at radius 3 is 2.88 bits per heavy atom. The smallest absolute Gasteiger partial charge is 0.329 e. The van der Waals surface area contributed by atoms with Crippen LogP contribution in [0.2, 0.25) is 5.02 Å². The molecule has 24 heavy (non-hydrogen) atoms. The average Bonchev–Trinajstić information content (AvgIpc) is 3.02. The zero-order valence-corrected chi connectivity index (χ0v) is 13.8. The third-order valence-corrected chi connectivity index (χ3v) is 3.87. The maximum absolute atomic E-state index is 12.6. The van der Waals surface area contributed by atoms with Crippen LogP contribution in [0.4, 0.5) is 0 Å². The molecule has 3 aromatic rings. The van der Waals surface area contributed by atoms with E-state index in [1.807, 2.05) is 0 Å². The monoisotopic (exact) mass is 347 g/mol. The number of carbonyl (C=O) groups excluding carboxylic acids is 1. The molecule has 0 spiro atoms. The van der Waals surface area contributed by atoms with Gasteiger partial charge >= 0.3 is 5.97 Å². The van der Waals surface area contributed by atoms with Gasteiger partial charge in [-0.3, -0.25) is 9.36 Å². The first kappa shape index (κ1) is 16.1. The van der Waals surface area contributed by atoms with Crippen LogP contribution in [0.25, 0.3) is 16.9 Å². The Morgan fingerprint density at radius 1 is 1.42 bits per heavy atom. The second kappa shape index (κ2) is 6.40. The van der Waals surface area contributed by atoms with E-state index < -0.39 is 17.6 Å². The van der Waals surface area contributed by atoms with Crippen molar-refractivity contribution in [2.24, 2.45) is 0 Å². The van der Waals surface area contributed by atoms with Crippen LogP contribution < -0.4 is 5.56 Å². The highest BCUT2D eigenvalue weighted by Crippen LogP contribution is 2.17. The highest BCUT2D eigenvalue weighted by molar-refractivity contribution is 6.30. The lowest BCUT2D eigenvalue weighted by molar-refractivity contribution is -0.144. The van der Waals surface area contributed by atoms with Crippen molar-refractivity contribution in [1.29, 1.82) is 0 Å². The third-order valence-electron chi connectivity index (χ3n) is 3.64. The molecule has 0 aliphatic rings. The van der Waals surface area contributed by atoms with Gasteiger partial charge in [0.05, 0.1) is 12.8 Å². The number of ether oxygens (including phenoxy) is 1. The zero-order chi connectivity index (χ0) is 17.3. The van der Waals surface area contributed by atoms with Crippen LogP contribution in [0.5, 0.6) is 0 Å². The number of hydrogen-bond acceptors (Lipinski definition) is 6. The Labute approximate surface area is 141 Å². The second-order valence-electron chi connectivity index (χ2n) is 5.06. The quantitative estimate of drug-likeness (QED) is 0.668. The lowest BCUT2D eigenvalue weighted by Gasteiger charge is -2.14. The molecular formula is C15H14ClN5O3. The van der Waals surface area contributed by atoms with Gasteiger partial charge in [0.15, 0.2) is 11.2 Å². The number of rotatable bonds is 4. The van der Waals surface area contributed by atoms with Gasteiger partial charge < -0.3 is 4.74 Å². The van der Waals surface area contributed by atoms with E-state index in [4.69, 9.17) is 16.3 Å². The predicted molar refractivity (Wildman–Crippen MR) is 87.3 cm³/mol. The van der Waals surface area contributed by atoms with Crippen molar-refractivity contribution in [1.82, 2.24) is 24.5 Å². The summed E-state index contributed by atoms with van der Waals surface area (Å²) < 4.78 is 7.37. The van der Waals surface area contributed by atoms with Crippen LogP contribution in [0.1, 0.15) is 19.4 Å². The first-order valence-electron chi connectivity index (χ1n) is 7.23. The SMILES string of the molecule is CC[C@H](C(=O)OC)n1cnc2c(nnn2-c2cccc(Cl)c2)c1=O. The minimum Gasteiger partial charge on any atom is -0.467 e. The normalized spacial score (nSPS) is 12.3. The molecule has 0 unspecified atom stereocenters. The molecule has 0 aliphatic heterocycles. The van der Waals surface area contributed by atoms with Crippen molar-refractivity contribution in [2.75, 3.05) is 7.11 Å². The largest absolute Gasteiger partial charge is 0.467 e. The van der Waals surface area contributed by atoms with Crippen molar-refractivity contribution >= 4 is 28.7 Å². The minimum absolute atomic E-state index is 0.0693. The molecule has 0 bridgehead atoms. The number of hydrogen-bond donors (Lipinski definition) is 0. The maximum atomic E-state index is 12.6. The summed E-state index contributed by atoms with van der Waals surface area (Å²) in [6, 6.07) is 6.20. The van der Waals surface area contributed by atoms with E-state index in [2.05, 4.69) is 15.3 Å². The number of halogens is 1. The number of benzene rings is 1. The summed E-state index contributed by atoms with van der Waals surface area (Å²) >= 11 is 5.98. The standard InChI is InChI=1S/C15H14ClN5O3/c1-3-11(15(23)24-2)20-8-17-13-12(14(20)22)18-19-21(13)10-6-4-5-9(16)7-10/h4-8,11H,3H2,1-2H3/t11-/m1/s1. The molecule has 2 heterocycles. The van der Waals surface area contributed by atoms with Crippen molar-refractivity contribution in [2.45, 2.75) is 19.4 Å². The summed E-state index contributed by atoms with van der Waals surface area (Å²) in [6.45, 7) is 1.78. The van der Waals surface area contributed by atoms with Crippen LogP contribution in [0.3, 0.4) is 0 Å². The lowest BCUT2D eigenvalue weighted by atomic mass is 10.2. The molecule has 3 rings (SSSR count). The van der Waals surface area contributed by atoms with E-state index in [1.165, 1.54) is 22.7 Å². The maximum Gasteiger partial charge on any atom is 0.329 e. The van der Waals surface area contributed by atoms with Gasteiger partial charge in [-0.15, -0.1) is 5.10 Å². The second-order valence-corrected chi connectivity index (χ2v) is 5.49. The third kappa shape index (κ3) is 2.65. The van der Waals surface area contributed by atoms with E-state index in [0.29, 0.717) is 22.8 Å². The van der Waals surface area contributed by atoms with Gasteiger partial charge in [0, 0.05) is 5.02 Å². The van der Waals surface area contributed by atoms with Crippen LogP contribution in [-0.2, 0) is 9.53 Å². The van der Waals surface area contributed by atoms with Gasteiger partial charge in [0.1, 0.15) is 12.4 Å².